The number of alkyl halides is 3. The summed E-state index contributed by atoms with van der Waals surface area (Å²) < 4.78 is 37.9. The van der Waals surface area contributed by atoms with Crippen molar-refractivity contribution in [2.75, 3.05) is 6.54 Å². The Bertz CT molecular complexity index is 502. The molecule has 1 aromatic heterocycles. The van der Waals surface area contributed by atoms with E-state index in [1.807, 2.05) is 13.8 Å². The Labute approximate surface area is 114 Å². The molecule has 0 saturated carbocycles. The van der Waals surface area contributed by atoms with Crippen LogP contribution in [0.25, 0.3) is 0 Å². The number of nitrogens with one attached hydrogen (secondary N) is 1. The van der Waals surface area contributed by atoms with Crippen molar-refractivity contribution < 1.29 is 18.0 Å². The molecular formula is C12H15F3N4O. The number of carbonyl (C=O) groups is 1. The Kier molecular flexibility index (Phi) is 5.13. The van der Waals surface area contributed by atoms with Gasteiger partial charge in [0.1, 0.15) is 12.4 Å². The molecule has 0 aliphatic carbocycles. The van der Waals surface area contributed by atoms with Crippen molar-refractivity contribution in [2.24, 2.45) is 5.92 Å². The van der Waals surface area contributed by atoms with Crippen LogP contribution in [0.2, 0.25) is 0 Å². The molecule has 0 aliphatic heterocycles. The minimum atomic E-state index is -4.44. The van der Waals surface area contributed by atoms with Crippen molar-refractivity contribution in [1.29, 1.82) is 5.26 Å². The number of nitrogens with zero attached hydrogens (tertiary/aromatic N) is 3. The summed E-state index contributed by atoms with van der Waals surface area (Å²) in [7, 11) is 0. The van der Waals surface area contributed by atoms with Gasteiger partial charge in [0.15, 0.2) is 5.92 Å². The standard InChI is InChI=1S/C12H15F3N4O/c1-8(2)6-18-11(20)9(5-16)10-17-3-4-19(10)7-12(13,14)15/h3-4,8-9H,6-7H2,1-2H3,(H,18,20)/t9-/m1/s1. The molecule has 1 aromatic rings. The summed E-state index contributed by atoms with van der Waals surface area (Å²) >= 11 is 0. The maximum atomic E-state index is 12.4. The van der Waals surface area contributed by atoms with E-state index in [1.54, 1.807) is 6.07 Å². The molecule has 20 heavy (non-hydrogen) atoms. The lowest BCUT2D eigenvalue weighted by Crippen LogP contribution is -2.33. The zero-order valence-corrected chi connectivity index (χ0v) is 11.1. The number of hydrogen-bond donors (Lipinski definition) is 1. The topological polar surface area (TPSA) is 70.7 Å². The van der Waals surface area contributed by atoms with Gasteiger partial charge in [0.2, 0.25) is 5.91 Å². The van der Waals surface area contributed by atoms with Gasteiger partial charge in [-0.25, -0.2) is 4.98 Å². The summed E-state index contributed by atoms with van der Waals surface area (Å²) in [6.45, 7) is 2.80. The molecule has 110 valence electrons. The number of amides is 1. The van der Waals surface area contributed by atoms with Gasteiger partial charge in [0.25, 0.3) is 0 Å². The molecule has 8 heteroatoms. The normalized spacial score (nSPS) is 13.1. The van der Waals surface area contributed by atoms with Crippen molar-refractivity contribution in [2.45, 2.75) is 32.5 Å². The van der Waals surface area contributed by atoms with Crippen LogP contribution in [0.5, 0.6) is 0 Å². The number of nitriles is 1. The molecule has 0 saturated heterocycles. The molecular weight excluding hydrogens is 273 g/mol. The molecule has 1 amide bonds. The zero-order valence-electron chi connectivity index (χ0n) is 11.1. The lowest BCUT2D eigenvalue weighted by Gasteiger charge is -2.14. The smallest absolute Gasteiger partial charge is 0.354 e. The number of rotatable bonds is 5. The van der Waals surface area contributed by atoms with E-state index in [1.165, 1.54) is 0 Å². The fraction of sp³-hybridized carbons (Fsp3) is 0.583. The molecule has 5 nitrogen and oxygen atoms in total. The number of hydrogen-bond acceptors (Lipinski definition) is 3. The molecule has 0 fully saturated rings. The first-order valence-corrected chi connectivity index (χ1v) is 5.99. The number of aromatic nitrogens is 2. The quantitative estimate of drug-likeness (QED) is 0.898. The SMILES string of the molecule is CC(C)CNC(=O)[C@H](C#N)c1nccn1CC(F)(F)F. The van der Waals surface area contributed by atoms with Crippen LogP contribution in [-0.4, -0.2) is 28.2 Å². The average Bonchev–Trinajstić information content (AvgIpc) is 2.73. The van der Waals surface area contributed by atoms with Crippen LogP contribution in [0.4, 0.5) is 13.2 Å². The lowest BCUT2D eigenvalue weighted by atomic mass is 10.1. The van der Waals surface area contributed by atoms with Crippen molar-refractivity contribution >= 4 is 5.91 Å². The summed E-state index contributed by atoms with van der Waals surface area (Å²) in [4.78, 5) is 15.5. The number of halogens is 3. The highest BCUT2D eigenvalue weighted by atomic mass is 19.4. The molecule has 0 aliphatic rings. The first-order valence-electron chi connectivity index (χ1n) is 5.99. The van der Waals surface area contributed by atoms with Gasteiger partial charge >= 0.3 is 6.18 Å². The molecule has 1 heterocycles. The Morgan fingerprint density at radius 2 is 2.20 bits per heavy atom. The summed E-state index contributed by atoms with van der Waals surface area (Å²) in [5.41, 5.74) is 0. The predicted molar refractivity (Wildman–Crippen MR) is 64.5 cm³/mol. The summed E-state index contributed by atoms with van der Waals surface area (Å²) in [5, 5.41) is 11.5. The second-order valence-corrected chi connectivity index (χ2v) is 4.73. The lowest BCUT2D eigenvalue weighted by molar-refractivity contribution is -0.141. The van der Waals surface area contributed by atoms with Gasteiger partial charge in [-0.1, -0.05) is 13.8 Å². The third kappa shape index (κ3) is 4.57. The fourth-order valence-corrected chi connectivity index (χ4v) is 1.55. The molecule has 0 spiro atoms. The molecule has 0 aromatic carbocycles. The minimum Gasteiger partial charge on any atom is -0.354 e. The van der Waals surface area contributed by atoms with Crippen LogP contribution in [0.15, 0.2) is 12.4 Å². The van der Waals surface area contributed by atoms with Crippen LogP contribution in [0.1, 0.15) is 25.6 Å². The highest BCUT2D eigenvalue weighted by molar-refractivity contribution is 5.85. The van der Waals surface area contributed by atoms with Gasteiger partial charge in [0, 0.05) is 18.9 Å². The monoisotopic (exact) mass is 288 g/mol. The summed E-state index contributed by atoms with van der Waals surface area (Å²) in [5.74, 6) is -2.03. The van der Waals surface area contributed by atoms with Gasteiger partial charge in [-0.05, 0) is 5.92 Å². The Morgan fingerprint density at radius 3 is 2.70 bits per heavy atom. The van der Waals surface area contributed by atoms with E-state index in [2.05, 4.69) is 10.3 Å². The van der Waals surface area contributed by atoms with Crippen molar-refractivity contribution in [1.82, 2.24) is 14.9 Å². The van der Waals surface area contributed by atoms with Gasteiger partial charge in [-0.3, -0.25) is 4.79 Å². The van der Waals surface area contributed by atoms with E-state index in [4.69, 9.17) is 5.26 Å². The van der Waals surface area contributed by atoms with E-state index < -0.39 is 24.5 Å². The molecule has 1 rings (SSSR count). The van der Waals surface area contributed by atoms with Crippen molar-refractivity contribution in [3.8, 4) is 6.07 Å². The third-order valence-corrected chi connectivity index (χ3v) is 2.43. The Balaban J connectivity index is 2.89. The third-order valence-electron chi connectivity index (χ3n) is 2.43. The van der Waals surface area contributed by atoms with Gasteiger partial charge in [-0.15, -0.1) is 0 Å². The molecule has 1 atom stereocenters. The Hall–Kier alpha value is -2.04. The van der Waals surface area contributed by atoms with E-state index in [0.29, 0.717) is 6.54 Å². The van der Waals surface area contributed by atoms with Crippen molar-refractivity contribution in [3.05, 3.63) is 18.2 Å². The molecule has 0 bridgehead atoms. The highest BCUT2D eigenvalue weighted by Crippen LogP contribution is 2.21. The first-order chi connectivity index (χ1) is 9.24. The van der Waals surface area contributed by atoms with Crippen LogP contribution in [0.3, 0.4) is 0 Å². The van der Waals surface area contributed by atoms with Crippen LogP contribution >= 0.6 is 0 Å². The fourth-order valence-electron chi connectivity index (χ4n) is 1.55. The molecule has 0 radical (unpaired) electrons. The highest BCUT2D eigenvalue weighted by Gasteiger charge is 2.32. The van der Waals surface area contributed by atoms with Gasteiger partial charge < -0.3 is 9.88 Å². The average molecular weight is 288 g/mol. The Morgan fingerprint density at radius 1 is 1.55 bits per heavy atom. The predicted octanol–water partition coefficient (Wildman–Crippen LogP) is 1.82. The van der Waals surface area contributed by atoms with E-state index >= 15 is 0 Å². The second-order valence-electron chi connectivity index (χ2n) is 4.73. The summed E-state index contributed by atoms with van der Waals surface area (Å²) in [6.07, 6.45) is -2.20. The van der Waals surface area contributed by atoms with E-state index in [-0.39, 0.29) is 11.7 Å². The largest absolute Gasteiger partial charge is 0.406 e. The number of imidazole rings is 1. The first kappa shape index (κ1) is 16.0. The molecule has 0 unspecified atom stereocenters. The van der Waals surface area contributed by atoms with Gasteiger partial charge in [-0.2, -0.15) is 18.4 Å². The zero-order chi connectivity index (χ0) is 15.3. The van der Waals surface area contributed by atoms with Crippen LogP contribution < -0.4 is 5.32 Å². The number of carbonyl (C=O) groups excluding carboxylic acids is 1. The van der Waals surface area contributed by atoms with Gasteiger partial charge in [0.05, 0.1) is 6.07 Å². The second kappa shape index (κ2) is 6.41. The van der Waals surface area contributed by atoms with E-state index in [9.17, 15) is 18.0 Å². The van der Waals surface area contributed by atoms with Crippen molar-refractivity contribution in [3.63, 3.8) is 0 Å². The van der Waals surface area contributed by atoms with Crippen LogP contribution in [0, 0.1) is 17.2 Å². The minimum absolute atomic E-state index is 0.174. The summed E-state index contributed by atoms with van der Waals surface area (Å²) in [6, 6.07) is 1.69. The maximum Gasteiger partial charge on any atom is 0.406 e. The van der Waals surface area contributed by atoms with Crippen LogP contribution in [-0.2, 0) is 11.3 Å². The molecule has 1 N–H and O–H groups in total. The van der Waals surface area contributed by atoms with E-state index in [0.717, 1.165) is 17.0 Å². The maximum absolute atomic E-state index is 12.4.